The molecule has 0 aromatic heterocycles. The van der Waals surface area contributed by atoms with Gasteiger partial charge in [0, 0.05) is 0 Å². The van der Waals surface area contributed by atoms with Crippen molar-refractivity contribution in [3.8, 4) is 0 Å². The zero-order valence-electron chi connectivity index (χ0n) is 6.46. The predicted octanol–water partition coefficient (Wildman–Crippen LogP) is 3.01. The fourth-order valence-corrected chi connectivity index (χ4v) is 0.814. The molecule has 0 heteroatoms. The Morgan fingerprint density at radius 1 is 0.800 bits per heavy atom. The molecule has 0 N–H and O–H groups in total. The van der Waals surface area contributed by atoms with Gasteiger partial charge in [-0.3, -0.25) is 0 Å². The summed E-state index contributed by atoms with van der Waals surface area (Å²) in [6, 6.07) is 0. The first-order valence-corrected chi connectivity index (χ1v) is 3.49. The molecule has 0 unspecified atom stereocenters. The van der Waals surface area contributed by atoms with E-state index < -0.39 is 0 Å². The average Bonchev–Trinajstić information content (AvgIpc) is 1.84. The van der Waals surface area contributed by atoms with Gasteiger partial charge in [-0.1, -0.05) is 47.6 Å². The molecule has 1 rings (SSSR count). The van der Waals surface area contributed by atoms with Crippen LogP contribution in [-0.4, -0.2) is 0 Å². The second kappa shape index (κ2) is 3.21. The Hall–Kier alpha value is -1.04. The number of hydrogen-bond donors (Lipinski definition) is 0. The van der Waals surface area contributed by atoms with Gasteiger partial charge in [0.1, 0.15) is 0 Å². The van der Waals surface area contributed by atoms with E-state index in [9.17, 15) is 0 Å². The molecule has 52 valence electrons. The summed E-state index contributed by atoms with van der Waals surface area (Å²) in [4.78, 5) is 0. The third-order valence-electron chi connectivity index (χ3n) is 1.44. The Balaban J connectivity index is 2.84. The lowest BCUT2D eigenvalue weighted by molar-refractivity contribution is 1.46. The maximum absolute atomic E-state index is 2.10. The summed E-state index contributed by atoms with van der Waals surface area (Å²) in [5, 5.41) is 0. The predicted molar refractivity (Wildman–Crippen MR) is 45.8 cm³/mol. The lowest BCUT2D eigenvalue weighted by Gasteiger charge is -1.92. The van der Waals surface area contributed by atoms with Crippen LogP contribution in [-0.2, 0) is 0 Å². The van der Waals surface area contributed by atoms with Crippen LogP contribution in [0.3, 0.4) is 0 Å². The van der Waals surface area contributed by atoms with Gasteiger partial charge in [0.2, 0.25) is 0 Å². The van der Waals surface area contributed by atoms with Crippen LogP contribution < -0.4 is 0 Å². The lowest BCUT2D eigenvalue weighted by atomic mass is 10.1. The molecule has 0 amide bonds. The Morgan fingerprint density at radius 3 is 1.60 bits per heavy atom. The van der Waals surface area contributed by atoms with Crippen molar-refractivity contribution in [3.63, 3.8) is 0 Å². The summed E-state index contributed by atoms with van der Waals surface area (Å²) in [5.41, 5.74) is 2.58. The second-order valence-electron chi connectivity index (χ2n) is 2.54. The number of hydrogen-bond acceptors (Lipinski definition) is 0. The number of allylic oxidation sites excluding steroid dienone is 8. The molecule has 0 fully saturated rings. The highest BCUT2D eigenvalue weighted by Crippen LogP contribution is 2.03. The van der Waals surface area contributed by atoms with Gasteiger partial charge in [-0.25, -0.2) is 0 Å². The van der Waals surface area contributed by atoms with Crippen molar-refractivity contribution in [2.24, 2.45) is 0 Å². The Morgan fingerprint density at radius 2 is 1.20 bits per heavy atom. The maximum Gasteiger partial charge on any atom is -0.0398 e. The first-order valence-electron chi connectivity index (χ1n) is 3.49. The molecule has 0 aromatic carbocycles. The third-order valence-corrected chi connectivity index (χ3v) is 1.44. The first kappa shape index (κ1) is 7.07. The molecular weight excluding hydrogens is 120 g/mol. The zero-order valence-corrected chi connectivity index (χ0v) is 6.46. The monoisotopic (exact) mass is 132 g/mol. The largest absolute Gasteiger partial charge is 0.0617 e. The molecule has 0 atom stereocenters. The summed E-state index contributed by atoms with van der Waals surface area (Å²) < 4.78 is 0. The second-order valence-corrected chi connectivity index (χ2v) is 2.54. The standard InChI is InChI=1S/C10H12/c1-9-5-3-7-10(2)8-4-6-9/h3-8H,1-2H3/b5-3-,6-4?,7-3?,8-4-,9-5?,9-6-,10-7-,10-8?. The van der Waals surface area contributed by atoms with E-state index in [4.69, 9.17) is 0 Å². The van der Waals surface area contributed by atoms with Crippen molar-refractivity contribution in [3.05, 3.63) is 47.6 Å². The summed E-state index contributed by atoms with van der Waals surface area (Å²) in [6.07, 6.45) is 12.6. The van der Waals surface area contributed by atoms with Crippen LogP contribution in [0.2, 0.25) is 0 Å². The van der Waals surface area contributed by atoms with Crippen LogP contribution >= 0.6 is 0 Å². The molecule has 0 nitrogen and oxygen atoms in total. The van der Waals surface area contributed by atoms with E-state index in [1.807, 2.05) is 0 Å². The average molecular weight is 132 g/mol. The highest BCUT2D eigenvalue weighted by molar-refractivity contribution is 5.33. The Kier molecular flexibility index (Phi) is 2.27. The van der Waals surface area contributed by atoms with Gasteiger partial charge >= 0.3 is 0 Å². The van der Waals surface area contributed by atoms with Gasteiger partial charge in [0.05, 0.1) is 0 Å². The lowest BCUT2D eigenvalue weighted by Crippen LogP contribution is -1.72. The van der Waals surface area contributed by atoms with Crippen molar-refractivity contribution in [1.29, 1.82) is 0 Å². The highest BCUT2D eigenvalue weighted by Gasteiger charge is 1.82. The number of rotatable bonds is 0. The van der Waals surface area contributed by atoms with Crippen LogP contribution in [0.1, 0.15) is 13.8 Å². The Labute approximate surface area is 62.3 Å². The van der Waals surface area contributed by atoms with E-state index in [0.717, 1.165) is 0 Å². The molecule has 0 aromatic rings. The van der Waals surface area contributed by atoms with Crippen molar-refractivity contribution in [2.45, 2.75) is 13.8 Å². The van der Waals surface area contributed by atoms with Crippen molar-refractivity contribution in [1.82, 2.24) is 0 Å². The minimum absolute atomic E-state index is 1.29. The van der Waals surface area contributed by atoms with Gasteiger partial charge in [-0.15, -0.1) is 0 Å². The van der Waals surface area contributed by atoms with Crippen LogP contribution in [0.25, 0.3) is 0 Å². The molecule has 0 radical (unpaired) electrons. The molecule has 1 aliphatic carbocycles. The van der Waals surface area contributed by atoms with E-state index in [2.05, 4.69) is 50.3 Å². The van der Waals surface area contributed by atoms with E-state index in [0.29, 0.717) is 0 Å². The molecule has 0 saturated heterocycles. The SMILES string of the molecule is CC1=C/C=C\C(C)=C/C=C\1. The minimum Gasteiger partial charge on any atom is -0.0617 e. The van der Waals surface area contributed by atoms with Gasteiger partial charge in [0.15, 0.2) is 0 Å². The van der Waals surface area contributed by atoms with Crippen molar-refractivity contribution < 1.29 is 0 Å². The summed E-state index contributed by atoms with van der Waals surface area (Å²) in [7, 11) is 0. The van der Waals surface area contributed by atoms with E-state index in [1.165, 1.54) is 11.1 Å². The fourth-order valence-electron chi connectivity index (χ4n) is 0.814. The van der Waals surface area contributed by atoms with Crippen molar-refractivity contribution in [2.75, 3.05) is 0 Å². The van der Waals surface area contributed by atoms with Gasteiger partial charge in [0.25, 0.3) is 0 Å². The topological polar surface area (TPSA) is 0 Å². The van der Waals surface area contributed by atoms with Crippen LogP contribution in [0.5, 0.6) is 0 Å². The van der Waals surface area contributed by atoms with E-state index in [1.54, 1.807) is 0 Å². The molecule has 1 aliphatic rings. The van der Waals surface area contributed by atoms with E-state index >= 15 is 0 Å². The summed E-state index contributed by atoms with van der Waals surface area (Å²) in [6.45, 7) is 4.19. The third kappa shape index (κ3) is 2.06. The quantitative estimate of drug-likeness (QED) is 0.475. The molecule has 0 aliphatic heterocycles. The minimum atomic E-state index is 1.29. The Bertz CT molecular complexity index is 198. The summed E-state index contributed by atoms with van der Waals surface area (Å²) >= 11 is 0. The van der Waals surface area contributed by atoms with Gasteiger partial charge < -0.3 is 0 Å². The van der Waals surface area contributed by atoms with Gasteiger partial charge in [-0.2, -0.15) is 0 Å². The first-order chi connectivity index (χ1) is 4.79. The maximum atomic E-state index is 2.10. The highest BCUT2D eigenvalue weighted by atomic mass is 13.9. The van der Waals surface area contributed by atoms with Crippen LogP contribution in [0.4, 0.5) is 0 Å². The molecule has 0 bridgehead atoms. The molecular formula is C10H12. The smallest absolute Gasteiger partial charge is 0.0398 e. The zero-order chi connectivity index (χ0) is 7.40. The molecule has 0 spiro atoms. The molecule has 0 heterocycles. The van der Waals surface area contributed by atoms with Gasteiger partial charge in [-0.05, 0) is 13.8 Å². The fraction of sp³-hybridized carbons (Fsp3) is 0.200. The molecule has 0 saturated carbocycles. The summed E-state index contributed by atoms with van der Waals surface area (Å²) in [5.74, 6) is 0. The van der Waals surface area contributed by atoms with E-state index in [-0.39, 0.29) is 0 Å². The molecule has 10 heavy (non-hydrogen) atoms. The van der Waals surface area contributed by atoms with Crippen molar-refractivity contribution >= 4 is 0 Å². The van der Waals surface area contributed by atoms with Crippen LogP contribution in [0.15, 0.2) is 47.6 Å². The normalized spacial score (nSPS) is 34.2. The van der Waals surface area contributed by atoms with Crippen LogP contribution in [0, 0.1) is 0 Å².